The Morgan fingerprint density at radius 2 is 1.48 bits per heavy atom. The molecule has 0 spiro atoms. The molecule has 1 aromatic carbocycles. The SMILES string of the molecule is CC(C)[Si](OC(CCCc1ccccc1C(=O)O)CO[Si](C)(C)C(C)(C)C)(C(C)C)C(C)C. The van der Waals surface area contributed by atoms with Gasteiger partial charge in [0.2, 0.25) is 8.32 Å². The van der Waals surface area contributed by atoms with E-state index >= 15 is 0 Å². The van der Waals surface area contributed by atoms with Gasteiger partial charge in [0.1, 0.15) is 0 Å². The summed E-state index contributed by atoms with van der Waals surface area (Å²) in [6, 6.07) is 7.34. The highest BCUT2D eigenvalue weighted by molar-refractivity contribution is 6.77. The second-order valence-corrected chi connectivity index (χ2v) is 22.2. The summed E-state index contributed by atoms with van der Waals surface area (Å²) in [6.45, 7) is 26.0. The molecule has 0 aliphatic heterocycles. The van der Waals surface area contributed by atoms with Crippen LogP contribution in [0.15, 0.2) is 24.3 Å². The van der Waals surface area contributed by atoms with Crippen molar-refractivity contribution in [1.82, 2.24) is 0 Å². The highest BCUT2D eigenvalue weighted by atomic mass is 28.4. The van der Waals surface area contributed by atoms with Crippen LogP contribution >= 0.6 is 0 Å². The van der Waals surface area contributed by atoms with E-state index in [1.165, 1.54) is 0 Å². The van der Waals surface area contributed by atoms with E-state index in [9.17, 15) is 9.90 Å². The Balaban J connectivity index is 3.11. The van der Waals surface area contributed by atoms with Crippen molar-refractivity contribution in [2.45, 2.75) is 122 Å². The Labute approximate surface area is 205 Å². The van der Waals surface area contributed by atoms with Gasteiger partial charge in [0.05, 0.1) is 18.3 Å². The molecule has 0 aromatic heterocycles. The standard InChI is InChI=1S/C27H50O4Si2/c1-20(2)33(21(3)4,22(5)6)31-24(19-30-32(10,11)27(7,8)9)17-14-16-23-15-12-13-18-25(23)26(28)29/h12-13,15,18,20-22,24H,14,16-17,19H2,1-11H3,(H,28,29). The number of hydrogen-bond acceptors (Lipinski definition) is 3. The summed E-state index contributed by atoms with van der Waals surface area (Å²) in [6.07, 6.45) is 2.54. The fraction of sp³-hybridized carbons (Fsp3) is 0.741. The largest absolute Gasteiger partial charge is 0.478 e. The summed E-state index contributed by atoms with van der Waals surface area (Å²) in [5.41, 5.74) is 2.85. The van der Waals surface area contributed by atoms with Crippen molar-refractivity contribution >= 4 is 22.6 Å². The predicted octanol–water partition coefficient (Wildman–Crippen LogP) is 8.29. The minimum atomic E-state index is -2.05. The Hall–Kier alpha value is -0.956. The van der Waals surface area contributed by atoms with Gasteiger partial charge in [-0.05, 0) is 65.6 Å². The summed E-state index contributed by atoms with van der Waals surface area (Å²) in [5, 5.41) is 9.68. The molecule has 1 atom stereocenters. The molecule has 0 radical (unpaired) electrons. The zero-order chi connectivity index (χ0) is 25.6. The van der Waals surface area contributed by atoms with Gasteiger partial charge in [0.25, 0.3) is 0 Å². The van der Waals surface area contributed by atoms with Crippen LogP contribution in [0.5, 0.6) is 0 Å². The first-order chi connectivity index (χ1) is 15.1. The van der Waals surface area contributed by atoms with Crippen molar-refractivity contribution in [2.24, 2.45) is 0 Å². The quantitative estimate of drug-likeness (QED) is 0.280. The first kappa shape index (κ1) is 30.1. The van der Waals surface area contributed by atoms with Crippen LogP contribution < -0.4 is 0 Å². The lowest BCUT2D eigenvalue weighted by molar-refractivity contribution is 0.0695. The van der Waals surface area contributed by atoms with Gasteiger partial charge in [-0.2, -0.15) is 0 Å². The van der Waals surface area contributed by atoms with E-state index < -0.39 is 22.6 Å². The van der Waals surface area contributed by atoms with Crippen molar-refractivity contribution in [1.29, 1.82) is 0 Å². The second-order valence-electron chi connectivity index (χ2n) is 12.0. The van der Waals surface area contributed by atoms with Gasteiger partial charge in [-0.25, -0.2) is 4.79 Å². The maximum Gasteiger partial charge on any atom is 0.335 e. The smallest absolute Gasteiger partial charge is 0.335 e. The van der Waals surface area contributed by atoms with E-state index in [1.807, 2.05) is 12.1 Å². The van der Waals surface area contributed by atoms with Crippen molar-refractivity contribution < 1.29 is 18.8 Å². The normalized spacial score (nSPS) is 14.4. The topological polar surface area (TPSA) is 55.8 Å². The lowest BCUT2D eigenvalue weighted by Gasteiger charge is -2.45. The molecule has 33 heavy (non-hydrogen) atoms. The molecule has 0 heterocycles. The molecule has 0 aliphatic carbocycles. The van der Waals surface area contributed by atoms with E-state index in [0.29, 0.717) is 28.8 Å². The van der Waals surface area contributed by atoms with Crippen LogP contribution in [-0.2, 0) is 15.3 Å². The maximum atomic E-state index is 11.6. The maximum absolute atomic E-state index is 11.6. The summed E-state index contributed by atoms with van der Waals surface area (Å²) in [7, 11) is -3.94. The molecule has 0 aliphatic rings. The molecule has 1 aromatic rings. The molecule has 6 heteroatoms. The minimum absolute atomic E-state index is 0.0370. The first-order valence-electron chi connectivity index (χ1n) is 12.7. The third-order valence-electron chi connectivity index (χ3n) is 7.73. The van der Waals surface area contributed by atoms with Gasteiger partial charge in [-0.1, -0.05) is 80.5 Å². The molecular formula is C27H50O4Si2. The van der Waals surface area contributed by atoms with E-state index in [-0.39, 0.29) is 11.1 Å². The van der Waals surface area contributed by atoms with Crippen LogP contribution in [0.2, 0.25) is 34.8 Å². The Kier molecular flexibility index (Phi) is 11.1. The highest BCUT2D eigenvalue weighted by Crippen LogP contribution is 2.44. The monoisotopic (exact) mass is 494 g/mol. The lowest BCUT2D eigenvalue weighted by atomic mass is 10.0. The zero-order valence-electron chi connectivity index (χ0n) is 23.1. The second kappa shape index (κ2) is 12.1. The van der Waals surface area contributed by atoms with Gasteiger partial charge in [0.15, 0.2) is 8.32 Å². The number of hydrogen-bond donors (Lipinski definition) is 1. The molecule has 0 amide bonds. The lowest BCUT2D eigenvalue weighted by Crippen LogP contribution is -2.52. The van der Waals surface area contributed by atoms with Gasteiger partial charge in [0, 0.05) is 0 Å². The van der Waals surface area contributed by atoms with Crippen LogP contribution in [0.25, 0.3) is 0 Å². The average Bonchev–Trinajstić information content (AvgIpc) is 2.68. The highest BCUT2D eigenvalue weighted by Gasteiger charge is 2.47. The van der Waals surface area contributed by atoms with Crippen LogP contribution in [0.3, 0.4) is 0 Å². The average molecular weight is 495 g/mol. The molecule has 1 N–H and O–H groups in total. The number of carbonyl (C=O) groups is 1. The fourth-order valence-corrected chi connectivity index (χ4v) is 11.5. The number of benzene rings is 1. The van der Waals surface area contributed by atoms with Gasteiger partial charge < -0.3 is 14.0 Å². The molecule has 0 fully saturated rings. The van der Waals surface area contributed by atoms with Crippen molar-refractivity contribution in [3.63, 3.8) is 0 Å². The summed E-state index contributed by atoms with van der Waals surface area (Å²) in [4.78, 5) is 11.6. The molecule has 4 nitrogen and oxygen atoms in total. The Morgan fingerprint density at radius 1 is 0.970 bits per heavy atom. The van der Waals surface area contributed by atoms with Crippen LogP contribution in [0.4, 0.5) is 0 Å². The van der Waals surface area contributed by atoms with Crippen molar-refractivity contribution in [3.05, 3.63) is 35.4 Å². The minimum Gasteiger partial charge on any atom is -0.478 e. The summed E-state index contributed by atoms with van der Waals surface area (Å²) < 4.78 is 13.8. The van der Waals surface area contributed by atoms with Crippen LogP contribution in [0, 0.1) is 0 Å². The molecule has 1 unspecified atom stereocenters. The Morgan fingerprint density at radius 3 is 1.94 bits per heavy atom. The number of aryl methyl sites for hydroxylation is 1. The van der Waals surface area contributed by atoms with E-state index in [4.69, 9.17) is 8.85 Å². The third-order valence-corrected chi connectivity index (χ3v) is 18.4. The molecule has 0 saturated carbocycles. The third kappa shape index (κ3) is 7.77. The van der Waals surface area contributed by atoms with E-state index in [1.54, 1.807) is 12.1 Å². The van der Waals surface area contributed by atoms with Crippen LogP contribution in [0.1, 0.15) is 91.1 Å². The molecule has 190 valence electrons. The van der Waals surface area contributed by atoms with Gasteiger partial charge in [-0.3, -0.25) is 0 Å². The summed E-state index contributed by atoms with van der Waals surface area (Å²) in [5.74, 6) is -0.856. The number of aromatic carboxylic acids is 1. The number of carboxylic acids is 1. The molecular weight excluding hydrogens is 444 g/mol. The predicted molar refractivity (Wildman–Crippen MR) is 145 cm³/mol. The number of carboxylic acid groups (broad SMARTS) is 1. The molecule has 1 rings (SSSR count). The first-order valence-corrected chi connectivity index (χ1v) is 17.7. The molecule has 0 bridgehead atoms. The van der Waals surface area contributed by atoms with Gasteiger partial charge >= 0.3 is 5.97 Å². The van der Waals surface area contributed by atoms with Crippen molar-refractivity contribution in [3.8, 4) is 0 Å². The molecule has 0 saturated heterocycles. The zero-order valence-corrected chi connectivity index (χ0v) is 25.1. The summed E-state index contributed by atoms with van der Waals surface area (Å²) >= 11 is 0. The van der Waals surface area contributed by atoms with Crippen molar-refractivity contribution in [2.75, 3.05) is 6.61 Å². The van der Waals surface area contributed by atoms with Gasteiger partial charge in [-0.15, -0.1) is 0 Å². The fourth-order valence-electron chi connectivity index (χ4n) is 4.86. The van der Waals surface area contributed by atoms with Crippen LogP contribution in [-0.4, -0.2) is 40.4 Å². The Bertz CT molecular complexity index is 729. The number of rotatable bonds is 13. The van der Waals surface area contributed by atoms with E-state index in [0.717, 1.165) is 24.8 Å². The van der Waals surface area contributed by atoms with E-state index in [2.05, 4.69) is 75.4 Å².